The van der Waals surface area contributed by atoms with E-state index >= 15 is 0 Å². The molecule has 0 fully saturated rings. The molecule has 0 aliphatic rings. The first-order chi connectivity index (χ1) is 15.3. The number of nitrogens with one attached hydrogen (secondary N) is 1. The van der Waals surface area contributed by atoms with Crippen molar-refractivity contribution < 1.29 is 9.90 Å². The van der Waals surface area contributed by atoms with Crippen molar-refractivity contribution in [3.63, 3.8) is 0 Å². The van der Waals surface area contributed by atoms with Crippen LogP contribution in [0.4, 0.5) is 5.13 Å². The van der Waals surface area contributed by atoms with Crippen molar-refractivity contribution in [2.75, 3.05) is 16.8 Å². The summed E-state index contributed by atoms with van der Waals surface area (Å²) < 4.78 is 0. The highest BCUT2D eigenvalue weighted by Gasteiger charge is 2.17. The van der Waals surface area contributed by atoms with Crippen LogP contribution in [0.5, 0.6) is 0 Å². The Morgan fingerprint density at radius 1 is 1.09 bits per heavy atom. The Bertz CT molecular complexity index is 632. The molecule has 1 heterocycles. The molecule has 4 nitrogen and oxygen atoms in total. The van der Waals surface area contributed by atoms with Crippen molar-refractivity contribution in [2.45, 2.75) is 98.4 Å². The van der Waals surface area contributed by atoms with Crippen molar-refractivity contribution >= 4 is 34.2 Å². The number of thioether (sulfide) groups is 1. The molecule has 0 saturated heterocycles. The van der Waals surface area contributed by atoms with Crippen molar-refractivity contribution in [1.29, 1.82) is 0 Å². The number of hydrogen-bond acceptors (Lipinski definition) is 5. The average Bonchev–Trinajstić information content (AvgIpc) is 3.23. The number of aromatic nitrogens is 1. The molecule has 0 bridgehead atoms. The third-order valence-corrected chi connectivity index (χ3v) is 7.68. The molecule has 2 N–H and O–H groups in total. The van der Waals surface area contributed by atoms with Gasteiger partial charge in [0.1, 0.15) is 6.04 Å². The third kappa shape index (κ3) is 14.9. The largest absolute Gasteiger partial charge is 0.480 e. The second kappa shape index (κ2) is 17.5. The quantitative estimate of drug-likeness (QED) is 0.154. The second-order valence-electron chi connectivity index (χ2n) is 9.82. The molecular weight excluding hydrogens is 436 g/mol. The Hall–Kier alpha value is -1.01. The molecule has 0 aromatic carbocycles. The number of carbonyl (C=O) groups is 1. The first kappa shape index (κ1) is 29.0. The van der Waals surface area contributed by atoms with E-state index in [-0.39, 0.29) is 0 Å². The number of nitrogens with zero attached hydrogens (tertiary/aromatic N) is 1. The number of allylic oxidation sites excluding steroid dienone is 1. The van der Waals surface area contributed by atoms with Crippen LogP contribution in [0.15, 0.2) is 23.2 Å². The summed E-state index contributed by atoms with van der Waals surface area (Å²) in [6, 6.07) is -0.598. The first-order valence-electron chi connectivity index (χ1n) is 12.4. The highest BCUT2D eigenvalue weighted by molar-refractivity contribution is 7.99. The minimum atomic E-state index is -0.827. The van der Waals surface area contributed by atoms with Crippen LogP contribution in [0.25, 0.3) is 0 Å². The van der Waals surface area contributed by atoms with E-state index in [9.17, 15) is 9.90 Å². The molecule has 1 aromatic rings. The zero-order chi connectivity index (χ0) is 23.8. The van der Waals surface area contributed by atoms with Crippen LogP contribution in [0.2, 0.25) is 0 Å². The van der Waals surface area contributed by atoms with E-state index in [4.69, 9.17) is 0 Å². The lowest BCUT2D eigenvalue weighted by atomic mass is 9.91. The third-order valence-electron chi connectivity index (χ3n) is 6.00. The predicted octanol–water partition coefficient (Wildman–Crippen LogP) is 8.13. The van der Waals surface area contributed by atoms with Gasteiger partial charge in [-0.25, -0.2) is 9.78 Å². The lowest BCUT2D eigenvalue weighted by molar-refractivity contribution is -0.137. The fourth-order valence-corrected chi connectivity index (χ4v) is 5.40. The van der Waals surface area contributed by atoms with Gasteiger partial charge in [-0.05, 0) is 37.5 Å². The van der Waals surface area contributed by atoms with E-state index in [1.54, 1.807) is 18.0 Å². The van der Waals surface area contributed by atoms with Gasteiger partial charge in [0.15, 0.2) is 5.13 Å². The Morgan fingerprint density at radius 3 is 2.28 bits per heavy atom. The number of thiazole rings is 1. The highest BCUT2D eigenvalue weighted by Crippen LogP contribution is 2.22. The zero-order valence-electron chi connectivity index (χ0n) is 20.9. The molecule has 1 aromatic heterocycles. The van der Waals surface area contributed by atoms with Gasteiger partial charge >= 0.3 is 5.97 Å². The van der Waals surface area contributed by atoms with E-state index in [0.29, 0.717) is 10.9 Å². The van der Waals surface area contributed by atoms with E-state index < -0.39 is 12.0 Å². The van der Waals surface area contributed by atoms with Crippen LogP contribution >= 0.6 is 23.1 Å². The fraction of sp³-hybridized carbons (Fsp3) is 0.769. The maximum atomic E-state index is 11.4. The summed E-state index contributed by atoms with van der Waals surface area (Å²) in [4.78, 5) is 15.5. The number of carboxylic acid groups (broad SMARTS) is 1. The molecule has 0 aliphatic heterocycles. The molecule has 6 heteroatoms. The van der Waals surface area contributed by atoms with E-state index in [1.807, 2.05) is 5.38 Å². The van der Waals surface area contributed by atoms with Crippen molar-refractivity contribution in [3.8, 4) is 0 Å². The van der Waals surface area contributed by atoms with Crippen LogP contribution < -0.4 is 5.32 Å². The van der Waals surface area contributed by atoms with E-state index in [1.165, 1.54) is 68.3 Å². The smallest absolute Gasteiger partial charge is 0.327 e. The number of hydrogen-bond donors (Lipinski definition) is 2. The molecule has 1 rings (SSSR count). The molecule has 0 radical (unpaired) electrons. The minimum Gasteiger partial charge on any atom is -0.480 e. The summed E-state index contributed by atoms with van der Waals surface area (Å²) in [5.41, 5.74) is 1.42. The predicted molar refractivity (Wildman–Crippen MR) is 143 cm³/mol. The standard InChI is InChI=1S/C26H46N2O2S2/c1-20(2)9-6-10-21(3)11-7-12-22(4)13-8-14-23(5)15-17-31-19-24(25(29)30)28-26-27-16-18-32-26/h15-16,18,20-22,24H,6-14,17,19H2,1-5H3,(H,27,28)(H,29,30)/b23-15+. The normalized spacial score (nSPS) is 15.0. The highest BCUT2D eigenvalue weighted by atomic mass is 32.2. The summed E-state index contributed by atoms with van der Waals surface area (Å²) in [6.45, 7) is 11.7. The van der Waals surface area contributed by atoms with Gasteiger partial charge < -0.3 is 10.4 Å². The number of rotatable bonds is 19. The molecule has 0 spiro atoms. The fourth-order valence-electron chi connectivity index (χ4n) is 3.81. The van der Waals surface area contributed by atoms with Crippen LogP contribution in [-0.2, 0) is 4.79 Å². The molecule has 3 atom stereocenters. The SMILES string of the molecule is C/C(=C\CSCC(Nc1nccs1)C(=O)O)CCCC(C)CCCC(C)CCCC(C)C. The first-order valence-corrected chi connectivity index (χ1v) is 14.4. The summed E-state index contributed by atoms with van der Waals surface area (Å²) in [5.74, 6) is 3.10. The van der Waals surface area contributed by atoms with Gasteiger partial charge in [0.05, 0.1) is 0 Å². The van der Waals surface area contributed by atoms with Gasteiger partial charge in [0, 0.05) is 23.1 Å². The number of anilines is 1. The monoisotopic (exact) mass is 482 g/mol. The summed E-state index contributed by atoms with van der Waals surface area (Å²) in [5, 5.41) is 14.9. The lowest BCUT2D eigenvalue weighted by Gasteiger charge is -2.15. The van der Waals surface area contributed by atoms with Crippen LogP contribution in [-0.4, -0.2) is 33.6 Å². The Balaban J connectivity index is 2.10. The van der Waals surface area contributed by atoms with Gasteiger partial charge in [0.25, 0.3) is 0 Å². The minimum absolute atomic E-state index is 0.533. The molecule has 0 amide bonds. The lowest BCUT2D eigenvalue weighted by Crippen LogP contribution is -2.31. The van der Waals surface area contributed by atoms with Crippen LogP contribution in [0, 0.1) is 17.8 Å². The molecule has 3 unspecified atom stereocenters. The molecule has 184 valence electrons. The van der Waals surface area contributed by atoms with E-state index in [2.05, 4.69) is 51.0 Å². The molecule has 0 aliphatic carbocycles. The zero-order valence-corrected chi connectivity index (χ0v) is 22.6. The van der Waals surface area contributed by atoms with Gasteiger partial charge in [-0.15, -0.1) is 11.3 Å². The summed E-state index contributed by atoms with van der Waals surface area (Å²) in [7, 11) is 0. The second-order valence-corrected chi connectivity index (χ2v) is 11.8. The average molecular weight is 483 g/mol. The molecule has 0 saturated carbocycles. The summed E-state index contributed by atoms with van der Waals surface area (Å²) >= 11 is 3.08. The van der Waals surface area contributed by atoms with Gasteiger partial charge in [0.2, 0.25) is 0 Å². The van der Waals surface area contributed by atoms with Crippen molar-refractivity contribution in [2.24, 2.45) is 17.8 Å². The van der Waals surface area contributed by atoms with Gasteiger partial charge in [-0.1, -0.05) is 84.3 Å². The van der Waals surface area contributed by atoms with Crippen LogP contribution in [0.1, 0.15) is 92.4 Å². The van der Waals surface area contributed by atoms with Crippen molar-refractivity contribution in [1.82, 2.24) is 4.98 Å². The number of aliphatic carboxylic acids is 1. The topological polar surface area (TPSA) is 62.2 Å². The van der Waals surface area contributed by atoms with Gasteiger partial charge in [-0.3, -0.25) is 0 Å². The Labute approximate surface area is 205 Å². The Kier molecular flexibility index (Phi) is 15.8. The number of carboxylic acids is 1. The van der Waals surface area contributed by atoms with Gasteiger partial charge in [-0.2, -0.15) is 11.8 Å². The van der Waals surface area contributed by atoms with Crippen molar-refractivity contribution in [3.05, 3.63) is 23.2 Å². The maximum absolute atomic E-state index is 11.4. The van der Waals surface area contributed by atoms with E-state index in [0.717, 1.165) is 29.9 Å². The van der Waals surface area contributed by atoms with Crippen LogP contribution in [0.3, 0.4) is 0 Å². The maximum Gasteiger partial charge on any atom is 0.327 e. The summed E-state index contributed by atoms with van der Waals surface area (Å²) in [6.07, 6.45) is 15.9. The Morgan fingerprint density at radius 2 is 1.72 bits per heavy atom. The molecular formula is C26H46N2O2S2. The molecule has 32 heavy (non-hydrogen) atoms.